The molecule has 92 valence electrons. The van der Waals surface area contributed by atoms with Gasteiger partial charge in [-0.15, -0.1) is 0 Å². The summed E-state index contributed by atoms with van der Waals surface area (Å²) in [7, 11) is 0. The van der Waals surface area contributed by atoms with E-state index in [9.17, 15) is 4.79 Å². The molecule has 0 spiro atoms. The lowest BCUT2D eigenvalue weighted by Crippen LogP contribution is -2.39. The van der Waals surface area contributed by atoms with Crippen LogP contribution in [-0.2, 0) is 11.2 Å². The first-order valence-corrected chi connectivity index (χ1v) is 6.27. The molecule has 0 radical (unpaired) electrons. The highest BCUT2D eigenvalue weighted by atomic mass is 16.2. The van der Waals surface area contributed by atoms with Crippen LogP contribution in [0.25, 0.3) is 0 Å². The predicted molar refractivity (Wildman–Crippen MR) is 69.5 cm³/mol. The zero-order valence-corrected chi connectivity index (χ0v) is 10.4. The number of carbonyl (C=O) groups is 1. The lowest BCUT2D eigenvalue weighted by Gasteiger charge is -2.31. The highest BCUT2D eigenvalue weighted by molar-refractivity contribution is 5.79. The quantitative estimate of drug-likeness (QED) is 0.793. The van der Waals surface area contributed by atoms with Crippen LogP contribution in [0.15, 0.2) is 24.3 Å². The molecule has 0 saturated carbocycles. The average Bonchev–Trinajstić information content (AvgIpc) is 2.32. The number of rotatable bonds is 2. The summed E-state index contributed by atoms with van der Waals surface area (Å²) in [6.45, 7) is 4.04. The van der Waals surface area contributed by atoms with E-state index in [0.717, 1.165) is 30.8 Å². The van der Waals surface area contributed by atoms with Crippen LogP contribution in [0.1, 0.15) is 25.3 Å². The molecule has 0 bridgehead atoms. The van der Waals surface area contributed by atoms with Gasteiger partial charge in [-0.3, -0.25) is 4.79 Å². The van der Waals surface area contributed by atoms with E-state index in [1.54, 1.807) is 0 Å². The van der Waals surface area contributed by atoms with E-state index < -0.39 is 0 Å². The molecule has 1 aliphatic heterocycles. The van der Waals surface area contributed by atoms with Gasteiger partial charge in [0.05, 0.1) is 6.42 Å². The van der Waals surface area contributed by atoms with Gasteiger partial charge in [-0.25, -0.2) is 0 Å². The van der Waals surface area contributed by atoms with Crippen molar-refractivity contribution < 1.29 is 4.79 Å². The second kappa shape index (κ2) is 5.21. The van der Waals surface area contributed by atoms with E-state index in [1.807, 2.05) is 29.2 Å². The third-order valence-corrected chi connectivity index (χ3v) is 3.34. The van der Waals surface area contributed by atoms with Crippen LogP contribution in [0.5, 0.6) is 0 Å². The number of carbonyl (C=O) groups excluding carboxylic acids is 1. The molecule has 1 aromatic rings. The zero-order chi connectivity index (χ0) is 12.3. The topological polar surface area (TPSA) is 46.3 Å². The number of piperidine rings is 1. The molecule has 3 heteroatoms. The Balaban J connectivity index is 1.94. The number of nitrogens with two attached hydrogens (primary N) is 1. The van der Waals surface area contributed by atoms with E-state index >= 15 is 0 Å². The highest BCUT2D eigenvalue weighted by Gasteiger charge is 2.20. The molecule has 3 nitrogen and oxygen atoms in total. The van der Waals surface area contributed by atoms with Crippen LogP contribution in [-0.4, -0.2) is 23.9 Å². The minimum Gasteiger partial charge on any atom is -0.399 e. The molecule has 1 atom stereocenters. The van der Waals surface area contributed by atoms with Crippen molar-refractivity contribution in [1.29, 1.82) is 0 Å². The molecular formula is C14H20N2O. The summed E-state index contributed by atoms with van der Waals surface area (Å²) in [5, 5.41) is 0. The van der Waals surface area contributed by atoms with Crippen molar-refractivity contribution in [3.63, 3.8) is 0 Å². The molecule has 17 heavy (non-hydrogen) atoms. The first-order chi connectivity index (χ1) is 8.15. The summed E-state index contributed by atoms with van der Waals surface area (Å²) in [5.74, 6) is 0.875. The Labute approximate surface area is 103 Å². The van der Waals surface area contributed by atoms with Crippen LogP contribution in [0, 0.1) is 5.92 Å². The number of nitrogens with zero attached hydrogens (tertiary/aromatic N) is 1. The van der Waals surface area contributed by atoms with Gasteiger partial charge in [0, 0.05) is 18.8 Å². The molecule has 1 fully saturated rings. The van der Waals surface area contributed by atoms with Crippen molar-refractivity contribution in [1.82, 2.24) is 4.90 Å². The second-order valence-electron chi connectivity index (χ2n) is 5.01. The van der Waals surface area contributed by atoms with Crippen molar-refractivity contribution in [2.45, 2.75) is 26.2 Å². The molecule has 2 rings (SSSR count). The van der Waals surface area contributed by atoms with Crippen LogP contribution in [0.4, 0.5) is 5.69 Å². The molecule has 2 N–H and O–H groups in total. The molecule has 0 aromatic heterocycles. The molecule has 1 aliphatic rings. The number of nitrogen functional groups attached to an aromatic ring is 1. The summed E-state index contributed by atoms with van der Waals surface area (Å²) in [6.07, 6.45) is 2.87. The van der Waals surface area contributed by atoms with E-state index in [1.165, 1.54) is 6.42 Å². The van der Waals surface area contributed by atoms with Crippen molar-refractivity contribution in [3.05, 3.63) is 29.8 Å². The molecule has 1 saturated heterocycles. The molecule has 1 heterocycles. The minimum absolute atomic E-state index is 0.237. The van der Waals surface area contributed by atoms with Gasteiger partial charge in [-0.05, 0) is 36.5 Å². The second-order valence-corrected chi connectivity index (χ2v) is 5.01. The number of anilines is 1. The van der Waals surface area contributed by atoms with E-state index in [-0.39, 0.29) is 5.91 Å². The minimum atomic E-state index is 0.237. The summed E-state index contributed by atoms with van der Waals surface area (Å²) in [6, 6.07) is 7.56. The fourth-order valence-corrected chi connectivity index (χ4v) is 2.34. The molecule has 1 aromatic carbocycles. The predicted octanol–water partition coefficient (Wildman–Crippen LogP) is 2.07. The van der Waals surface area contributed by atoms with Crippen molar-refractivity contribution in [2.75, 3.05) is 18.8 Å². The van der Waals surface area contributed by atoms with Gasteiger partial charge in [0.25, 0.3) is 0 Å². The third kappa shape index (κ3) is 3.22. The number of amides is 1. The van der Waals surface area contributed by atoms with Gasteiger partial charge in [0.1, 0.15) is 0 Å². The van der Waals surface area contributed by atoms with Crippen LogP contribution in [0.3, 0.4) is 0 Å². The van der Waals surface area contributed by atoms with Crippen LogP contribution in [0.2, 0.25) is 0 Å². The molecular weight excluding hydrogens is 212 g/mol. The maximum Gasteiger partial charge on any atom is 0.226 e. The standard InChI is InChI=1S/C14H20N2O/c1-11-3-2-8-16(10-11)14(17)9-12-4-6-13(15)7-5-12/h4-7,11H,2-3,8-10,15H2,1H3. The number of hydrogen-bond donors (Lipinski definition) is 1. The fourth-order valence-electron chi connectivity index (χ4n) is 2.34. The first-order valence-electron chi connectivity index (χ1n) is 6.27. The van der Waals surface area contributed by atoms with Gasteiger partial charge in [0.2, 0.25) is 5.91 Å². The largest absolute Gasteiger partial charge is 0.399 e. The lowest BCUT2D eigenvalue weighted by molar-refractivity contribution is -0.132. The maximum atomic E-state index is 12.1. The van der Waals surface area contributed by atoms with Gasteiger partial charge in [-0.2, -0.15) is 0 Å². The van der Waals surface area contributed by atoms with Crippen LogP contribution >= 0.6 is 0 Å². The Kier molecular flexibility index (Phi) is 3.67. The summed E-state index contributed by atoms with van der Waals surface area (Å²) in [4.78, 5) is 14.1. The van der Waals surface area contributed by atoms with Crippen molar-refractivity contribution in [2.24, 2.45) is 5.92 Å². The number of likely N-dealkylation sites (tertiary alicyclic amines) is 1. The van der Waals surface area contributed by atoms with Gasteiger partial charge in [0.15, 0.2) is 0 Å². The highest BCUT2D eigenvalue weighted by Crippen LogP contribution is 2.16. The first kappa shape index (κ1) is 12.0. The smallest absolute Gasteiger partial charge is 0.226 e. The van der Waals surface area contributed by atoms with E-state index in [0.29, 0.717) is 12.3 Å². The third-order valence-electron chi connectivity index (χ3n) is 3.34. The van der Waals surface area contributed by atoms with E-state index in [4.69, 9.17) is 5.73 Å². The van der Waals surface area contributed by atoms with Crippen molar-refractivity contribution >= 4 is 11.6 Å². The summed E-state index contributed by atoms with van der Waals surface area (Å²) in [5.41, 5.74) is 7.41. The van der Waals surface area contributed by atoms with E-state index in [2.05, 4.69) is 6.92 Å². The molecule has 1 amide bonds. The normalized spacial score (nSPS) is 20.3. The van der Waals surface area contributed by atoms with Gasteiger partial charge in [-0.1, -0.05) is 19.1 Å². The number of hydrogen-bond acceptors (Lipinski definition) is 2. The maximum absolute atomic E-state index is 12.1. The summed E-state index contributed by atoms with van der Waals surface area (Å²) >= 11 is 0. The zero-order valence-electron chi connectivity index (χ0n) is 10.4. The molecule has 1 unspecified atom stereocenters. The Bertz CT molecular complexity index is 386. The summed E-state index contributed by atoms with van der Waals surface area (Å²) < 4.78 is 0. The van der Waals surface area contributed by atoms with Gasteiger partial charge < -0.3 is 10.6 Å². The monoisotopic (exact) mass is 232 g/mol. The Morgan fingerprint density at radius 1 is 1.41 bits per heavy atom. The Morgan fingerprint density at radius 2 is 2.12 bits per heavy atom. The fraction of sp³-hybridized carbons (Fsp3) is 0.500. The van der Waals surface area contributed by atoms with Crippen molar-refractivity contribution in [3.8, 4) is 0 Å². The SMILES string of the molecule is CC1CCCN(C(=O)Cc2ccc(N)cc2)C1. The number of benzene rings is 1. The average molecular weight is 232 g/mol. The lowest BCUT2D eigenvalue weighted by atomic mass is 9.99. The molecule has 0 aliphatic carbocycles. The Morgan fingerprint density at radius 3 is 2.76 bits per heavy atom. The van der Waals surface area contributed by atoms with Gasteiger partial charge >= 0.3 is 0 Å². The van der Waals surface area contributed by atoms with Crippen LogP contribution < -0.4 is 5.73 Å². The Hall–Kier alpha value is -1.51.